The first-order valence-electron chi connectivity index (χ1n) is 9.19. The Hall–Kier alpha value is -3.82. The van der Waals surface area contributed by atoms with Crippen LogP contribution in [0.25, 0.3) is 11.4 Å². The third-order valence-corrected chi connectivity index (χ3v) is 4.63. The van der Waals surface area contributed by atoms with Gasteiger partial charge in [-0.3, -0.25) is 4.79 Å². The number of halogens is 2. The molecule has 3 aromatic rings. The molecule has 1 fully saturated rings. The predicted molar refractivity (Wildman–Crippen MR) is 102 cm³/mol. The largest absolute Gasteiger partial charge is 0.353 e. The number of nitrogens with one attached hydrogen (secondary N) is 2. The summed E-state index contributed by atoms with van der Waals surface area (Å²) in [4.78, 5) is 30.6. The van der Waals surface area contributed by atoms with Crippen molar-refractivity contribution < 1.29 is 22.9 Å². The number of carbonyl (C=O) groups excluding carboxylic acids is 2. The van der Waals surface area contributed by atoms with E-state index in [4.69, 9.17) is 4.52 Å². The summed E-state index contributed by atoms with van der Waals surface area (Å²) >= 11 is 0. The normalized spacial score (nSPS) is 16.3. The van der Waals surface area contributed by atoms with Crippen molar-refractivity contribution in [1.29, 1.82) is 0 Å². The predicted octanol–water partition coefficient (Wildman–Crippen LogP) is 2.59. The first kappa shape index (κ1) is 19.5. The Labute approximate surface area is 169 Å². The molecule has 0 aliphatic carbocycles. The molecule has 3 amide bonds. The van der Waals surface area contributed by atoms with Crippen molar-refractivity contribution in [2.45, 2.75) is 12.5 Å². The maximum Gasteiger partial charge on any atom is 0.322 e. The molecule has 1 aliphatic heterocycles. The van der Waals surface area contributed by atoms with Crippen molar-refractivity contribution in [3.05, 3.63) is 66.1 Å². The Balaban J connectivity index is 1.52. The topological polar surface area (TPSA) is 100 Å². The number of benzene rings is 2. The Morgan fingerprint density at radius 1 is 1.23 bits per heavy atom. The van der Waals surface area contributed by atoms with Crippen LogP contribution in [0.15, 0.2) is 53.1 Å². The highest BCUT2D eigenvalue weighted by molar-refractivity contribution is 5.94. The lowest BCUT2D eigenvalue weighted by molar-refractivity contribution is -0.127. The molecule has 1 saturated heterocycles. The average Bonchev–Trinajstić information content (AvgIpc) is 3.21. The van der Waals surface area contributed by atoms with E-state index >= 15 is 0 Å². The molecule has 2 aromatic carbocycles. The molecule has 8 nitrogen and oxygen atoms in total. The van der Waals surface area contributed by atoms with E-state index < -0.39 is 29.6 Å². The molecule has 154 valence electrons. The van der Waals surface area contributed by atoms with Crippen LogP contribution in [-0.2, 0) is 11.2 Å². The van der Waals surface area contributed by atoms with Gasteiger partial charge in [-0.15, -0.1) is 0 Å². The molecule has 0 saturated carbocycles. The minimum absolute atomic E-state index is 0.0231. The van der Waals surface area contributed by atoms with Crippen LogP contribution in [0, 0.1) is 11.6 Å². The molecule has 10 heteroatoms. The van der Waals surface area contributed by atoms with E-state index in [9.17, 15) is 18.4 Å². The number of urea groups is 1. The van der Waals surface area contributed by atoms with Crippen LogP contribution in [0.3, 0.4) is 0 Å². The molecule has 30 heavy (non-hydrogen) atoms. The van der Waals surface area contributed by atoms with Crippen molar-refractivity contribution in [3.8, 4) is 11.4 Å². The Morgan fingerprint density at radius 2 is 2.03 bits per heavy atom. The molecule has 0 radical (unpaired) electrons. The summed E-state index contributed by atoms with van der Waals surface area (Å²) in [5.74, 6) is -1.35. The van der Waals surface area contributed by atoms with Gasteiger partial charge < -0.3 is 20.1 Å². The van der Waals surface area contributed by atoms with Crippen LogP contribution in [0.2, 0.25) is 0 Å². The molecule has 4 rings (SSSR count). The summed E-state index contributed by atoms with van der Waals surface area (Å²) in [5, 5.41) is 8.90. The molecule has 0 spiro atoms. The molecule has 2 heterocycles. The maximum atomic E-state index is 13.9. The molecule has 1 aliphatic rings. The fourth-order valence-electron chi connectivity index (χ4n) is 3.15. The molecule has 1 atom stereocenters. The minimum Gasteiger partial charge on any atom is -0.353 e. The van der Waals surface area contributed by atoms with Gasteiger partial charge in [0.1, 0.15) is 17.7 Å². The fraction of sp³-hybridized carbons (Fsp3) is 0.200. The lowest BCUT2D eigenvalue weighted by Gasteiger charge is -2.34. The van der Waals surface area contributed by atoms with Gasteiger partial charge in [0.05, 0.1) is 12.1 Å². The van der Waals surface area contributed by atoms with Gasteiger partial charge in [-0.2, -0.15) is 4.98 Å². The summed E-state index contributed by atoms with van der Waals surface area (Å²) in [7, 11) is 0. The van der Waals surface area contributed by atoms with E-state index in [1.165, 1.54) is 4.90 Å². The van der Waals surface area contributed by atoms with Crippen LogP contribution in [0.4, 0.5) is 19.3 Å². The smallest absolute Gasteiger partial charge is 0.322 e. The van der Waals surface area contributed by atoms with Gasteiger partial charge in [-0.05, 0) is 12.1 Å². The van der Waals surface area contributed by atoms with Crippen molar-refractivity contribution in [2.24, 2.45) is 0 Å². The highest BCUT2D eigenvalue weighted by Gasteiger charge is 2.35. The summed E-state index contributed by atoms with van der Waals surface area (Å²) < 4.78 is 32.5. The SMILES string of the molecule is O=C1NCCN(C(=O)Nc2cc(F)ccc2F)C1Cc1nc(-c2ccccc2)no1. The van der Waals surface area contributed by atoms with Gasteiger partial charge in [0.15, 0.2) is 0 Å². The number of piperazine rings is 1. The van der Waals surface area contributed by atoms with E-state index in [0.29, 0.717) is 5.82 Å². The molecule has 2 N–H and O–H groups in total. The van der Waals surface area contributed by atoms with E-state index in [2.05, 4.69) is 20.8 Å². The molecular formula is C20H17F2N5O3. The number of hydrogen-bond acceptors (Lipinski definition) is 5. The minimum atomic E-state index is -0.945. The van der Waals surface area contributed by atoms with Crippen molar-refractivity contribution in [2.75, 3.05) is 18.4 Å². The fourth-order valence-corrected chi connectivity index (χ4v) is 3.15. The Morgan fingerprint density at radius 3 is 2.83 bits per heavy atom. The molecule has 1 unspecified atom stereocenters. The highest BCUT2D eigenvalue weighted by atomic mass is 19.1. The van der Waals surface area contributed by atoms with Gasteiger partial charge in [0.2, 0.25) is 17.6 Å². The van der Waals surface area contributed by atoms with Crippen molar-refractivity contribution in [1.82, 2.24) is 20.4 Å². The van der Waals surface area contributed by atoms with Gasteiger partial charge in [-0.1, -0.05) is 35.5 Å². The molecular weight excluding hydrogens is 396 g/mol. The maximum absolute atomic E-state index is 13.9. The van der Waals surface area contributed by atoms with Crippen LogP contribution in [0.5, 0.6) is 0 Å². The number of aromatic nitrogens is 2. The van der Waals surface area contributed by atoms with E-state index in [1.807, 2.05) is 30.3 Å². The third-order valence-electron chi connectivity index (χ3n) is 4.63. The van der Waals surface area contributed by atoms with E-state index in [0.717, 1.165) is 23.8 Å². The summed E-state index contributed by atoms with van der Waals surface area (Å²) in [6.45, 7) is 0.409. The number of amides is 3. The van der Waals surface area contributed by atoms with Crippen molar-refractivity contribution >= 4 is 17.6 Å². The average molecular weight is 413 g/mol. The second-order valence-electron chi connectivity index (χ2n) is 6.64. The standard InChI is InChI=1S/C20H17F2N5O3/c21-13-6-7-14(22)15(10-13)24-20(29)27-9-8-23-19(28)16(27)11-17-25-18(26-30-17)12-4-2-1-3-5-12/h1-7,10,16H,8-9,11H2,(H,23,28)(H,24,29). The first-order chi connectivity index (χ1) is 14.5. The lowest BCUT2D eigenvalue weighted by atomic mass is 10.1. The molecule has 1 aromatic heterocycles. The molecule has 0 bridgehead atoms. The van der Waals surface area contributed by atoms with Crippen molar-refractivity contribution in [3.63, 3.8) is 0 Å². The van der Waals surface area contributed by atoms with Crippen LogP contribution < -0.4 is 10.6 Å². The zero-order valence-electron chi connectivity index (χ0n) is 15.6. The van der Waals surface area contributed by atoms with Crippen LogP contribution >= 0.6 is 0 Å². The van der Waals surface area contributed by atoms with E-state index in [-0.39, 0.29) is 31.1 Å². The first-order valence-corrected chi connectivity index (χ1v) is 9.19. The number of carbonyl (C=O) groups is 2. The zero-order valence-corrected chi connectivity index (χ0v) is 15.6. The Bertz CT molecular complexity index is 1070. The Kier molecular flexibility index (Phi) is 5.38. The summed E-state index contributed by atoms with van der Waals surface area (Å²) in [6.07, 6.45) is -0.0231. The summed E-state index contributed by atoms with van der Waals surface area (Å²) in [6, 6.07) is 10.2. The third kappa shape index (κ3) is 4.12. The van der Waals surface area contributed by atoms with Crippen LogP contribution in [0.1, 0.15) is 5.89 Å². The number of hydrogen-bond donors (Lipinski definition) is 2. The quantitative estimate of drug-likeness (QED) is 0.685. The number of nitrogens with zero attached hydrogens (tertiary/aromatic N) is 3. The van der Waals surface area contributed by atoms with E-state index in [1.54, 1.807) is 0 Å². The monoisotopic (exact) mass is 413 g/mol. The zero-order chi connectivity index (χ0) is 21.1. The van der Waals surface area contributed by atoms with Gasteiger partial charge in [0, 0.05) is 24.7 Å². The van der Waals surface area contributed by atoms with Gasteiger partial charge in [-0.25, -0.2) is 13.6 Å². The number of anilines is 1. The highest BCUT2D eigenvalue weighted by Crippen LogP contribution is 2.20. The number of rotatable bonds is 4. The van der Waals surface area contributed by atoms with Crippen LogP contribution in [-0.4, -0.2) is 46.1 Å². The van der Waals surface area contributed by atoms with Gasteiger partial charge >= 0.3 is 6.03 Å². The second-order valence-corrected chi connectivity index (χ2v) is 6.64. The second kappa shape index (κ2) is 8.27. The summed E-state index contributed by atoms with van der Waals surface area (Å²) in [5.41, 5.74) is 0.436. The lowest BCUT2D eigenvalue weighted by Crippen LogP contribution is -2.59. The van der Waals surface area contributed by atoms with Gasteiger partial charge in [0.25, 0.3) is 0 Å².